The fraction of sp³-hybridized carbons (Fsp3) is 0.278. The lowest BCUT2D eigenvalue weighted by Gasteiger charge is -2.39. The van der Waals surface area contributed by atoms with E-state index in [2.05, 4.69) is 10.3 Å². The first kappa shape index (κ1) is 18.7. The SMILES string of the molecule is CC(=O)Nc1ccc(C(=O)N2CC(Oc3ncccc3C(F)(F)F)C2)cc1. The monoisotopic (exact) mass is 379 g/mol. The van der Waals surface area contributed by atoms with Crippen LogP contribution >= 0.6 is 0 Å². The molecule has 3 rings (SSSR count). The van der Waals surface area contributed by atoms with Crippen molar-refractivity contribution in [3.05, 3.63) is 53.7 Å². The number of hydrogen-bond donors (Lipinski definition) is 1. The molecule has 1 aromatic carbocycles. The molecule has 1 aliphatic heterocycles. The van der Waals surface area contributed by atoms with Crippen LogP contribution in [0.25, 0.3) is 0 Å². The quantitative estimate of drug-likeness (QED) is 0.887. The van der Waals surface area contributed by atoms with E-state index in [-0.39, 0.29) is 24.9 Å². The van der Waals surface area contributed by atoms with Crippen molar-refractivity contribution in [2.45, 2.75) is 19.2 Å². The molecule has 1 aliphatic rings. The van der Waals surface area contributed by atoms with Crippen molar-refractivity contribution in [2.75, 3.05) is 18.4 Å². The fourth-order valence-corrected chi connectivity index (χ4v) is 2.62. The predicted molar refractivity (Wildman–Crippen MR) is 90.3 cm³/mol. The van der Waals surface area contributed by atoms with Crippen molar-refractivity contribution >= 4 is 17.5 Å². The molecule has 0 unspecified atom stereocenters. The molecule has 9 heteroatoms. The highest BCUT2D eigenvalue weighted by molar-refractivity contribution is 5.96. The van der Waals surface area contributed by atoms with Crippen molar-refractivity contribution in [1.82, 2.24) is 9.88 Å². The van der Waals surface area contributed by atoms with E-state index in [0.717, 1.165) is 6.07 Å². The van der Waals surface area contributed by atoms with E-state index >= 15 is 0 Å². The van der Waals surface area contributed by atoms with Gasteiger partial charge in [0.05, 0.1) is 13.1 Å². The van der Waals surface area contributed by atoms with Gasteiger partial charge in [-0.15, -0.1) is 0 Å². The molecular weight excluding hydrogens is 363 g/mol. The summed E-state index contributed by atoms with van der Waals surface area (Å²) in [5.41, 5.74) is 0.0402. The van der Waals surface area contributed by atoms with Crippen molar-refractivity contribution in [3.8, 4) is 5.88 Å². The molecule has 0 spiro atoms. The zero-order chi connectivity index (χ0) is 19.6. The van der Waals surface area contributed by atoms with Crippen molar-refractivity contribution < 1.29 is 27.5 Å². The number of ether oxygens (including phenoxy) is 1. The fourth-order valence-electron chi connectivity index (χ4n) is 2.62. The molecule has 27 heavy (non-hydrogen) atoms. The van der Waals surface area contributed by atoms with E-state index in [0.29, 0.717) is 11.3 Å². The first-order chi connectivity index (χ1) is 12.7. The van der Waals surface area contributed by atoms with Gasteiger partial charge >= 0.3 is 6.18 Å². The van der Waals surface area contributed by atoms with Gasteiger partial charge < -0.3 is 15.0 Å². The molecule has 0 bridgehead atoms. The number of aromatic nitrogens is 1. The Morgan fingerprint density at radius 1 is 1.19 bits per heavy atom. The summed E-state index contributed by atoms with van der Waals surface area (Å²) in [4.78, 5) is 28.5. The first-order valence-electron chi connectivity index (χ1n) is 8.10. The number of nitrogens with zero attached hydrogens (tertiary/aromatic N) is 2. The third-order valence-corrected chi connectivity index (χ3v) is 3.94. The van der Waals surface area contributed by atoms with Crippen LogP contribution in [0, 0.1) is 0 Å². The number of rotatable bonds is 4. The standard InChI is InChI=1S/C18H16F3N3O3/c1-11(25)23-13-6-4-12(5-7-13)17(26)24-9-14(10-24)27-16-15(18(19,20)21)3-2-8-22-16/h2-8,14H,9-10H2,1H3,(H,23,25). The highest BCUT2D eigenvalue weighted by Crippen LogP contribution is 2.35. The molecular formula is C18H16F3N3O3. The molecule has 6 nitrogen and oxygen atoms in total. The molecule has 2 aromatic rings. The summed E-state index contributed by atoms with van der Waals surface area (Å²) in [5, 5.41) is 2.60. The predicted octanol–water partition coefficient (Wildman–Crippen LogP) is 2.96. The van der Waals surface area contributed by atoms with Gasteiger partial charge in [-0.25, -0.2) is 4.98 Å². The van der Waals surface area contributed by atoms with Gasteiger partial charge in [0.2, 0.25) is 11.8 Å². The molecule has 0 saturated carbocycles. The van der Waals surface area contributed by atoms with Gasteiger partial charge in [0, 0.05) is 24.4 Å². The van der Waals surface area contributed by atoms with Gasteiger partial charge in [-0.2, -0.15) is 13.2 Å². The number of anilines is 1. The van der Waals surface area contributed by atoms with Crippen LogP contribution in [0.2, 0.25) is 0 Å². The summed E-state index contributed by atoms with van der Waals surface area (Å²) in [6.07, 6.45) is -3.88. The van der Waals surface area contributed by atoms with E-state index in [9.17, 15) is 22.8 Å². The van der Waals surface area contributed by atoms with Gasteiger partial charge in [-0.3, -0.25) is 9.59 Å². The third kappa shape index (κ3) is 4.36. The summed E-state index contributed by atoms with van der Waals surface area (Å²) in [6, 6.07) is 8.44. The van der Waals surface area contributed by atoms with E-state index in [4.69, 9.17) is 4.74 Å². The first-order valence-corrected chi connectivity index (χ1v) is 8.10. The van der Waals surface area contributed by atoms with Crippen LogP contribution in [0.15, 0.2) is 42.6 Å². The van der Waals surface area contributed by atoms with Crippen LogP contribution in [0.5, 0.6) is 5.88 Å². The topological polar surface area (TPSA) is 71.5 Å². The van der Waals surface area contributed by atoms with E-state index < -0.39 is 23.7 Å². The molecule has 0 atom stereocenters. The maximum absolute atomic E-state index is 12.9. The highest BCUT2D eigenvalue weighted by Gasteiger charge is 2.38. The van der Waals surface area contributed by atoms with Crippen molar-refractivity contribution in [3.63, 3.8) is 0 Å². The Kier molecular flexibility index (Phi) is 5.02. The van der Waals surface area contributed by atoms with E-state index in [1.54, 1.807) is 24.3 Å². The van der Waals surface area contributed by atoms with Crippen molar-refractivity contribution in [2.24, 2.45) is 0 Å². The zero-order valence-electron chi connectivity index (χ0n) is 14.3. The number of carbonyl (C=O) groups is 2. The minimum atomic E-state index is -4.56. The lowest BCUT2D eigenvalue weighted by molar-refractivity contribution is -0.140. The Bertz CT molecular complexity index is 847. The van der Waals surface area contributed by atoms with Crippen LogP contribution in [0.3, 0.4) is 0 Å². The minimum absolute atomic E-state index is 0.167. The maximum Gasteiger partial charge on any atom is 0.421 e. The number of alkyl halides is 3. The Morgan fingerprint density at radius 3 is 2.44 bits per heavy atom. The summed E-state index contributed by atoms with van der Waals surface area (Å²) < 4.78 is 44.2. The van der Waals surface area contributed by atoms with E-state index in [1.165, 1.54) is 24.1 Å². The van der Waals surface area contributed by atoms with Gasteiger partial charge in [0.15, 0.2) is 0 Å². The second-order valence-corrected chi connectivity index (χ2v) is 6.06. The number of halogens is 3. The Morgan fingerprint density at radius 2 is 1.85 bits per heavy atom. The molecule has 1 aromatic heterocycles. The largest absolute Gasteiger partial charge is 0.470 e. The van der Waals surface area contributed by atoms with Gasteiger partial charge in [-0.05, 0) is 36.4 Å². The lowest BCUT2D eigenvalue weighted by Crippen LogP contribution is -2.56. The number of nitrogens with one attached hydrogen (secondary N) is 1. The summed E-state index contributed by atoms with van der Waals surface area (Å²) in [5.74, 6) is -0.965. The van der Waals surface area contributed by atoms with Crippen LogP contribution in [-0.2, 0) is 11.0 Å². The van der Waals surface area contributed by atoms with Gasteiger partial charge in [0.1, 0.15) is 11.7 Å². The molecule has 1 N–H and O–H groups in total. The van der Waals surface area contributed by atoms with Gasteiger partial charge in [0.25, 0.3) is 5.91 Å². The zero-order valence-corrected chi connectivity index (χ0v) is 14.3. The number of pyridine rings is 1. The molecule has 1 saturated heterocycles. The second kappa shape index (κ2) is 7.26. The number of carbonyl (C=O) groups excluding carboxylic acids is 2. The minimum Gasteiger partial charge on any atom is -0.470 e. The van der Waals surface area contributed by atoms with Crippen LogP contribution in [-0.4, -0.2) is 40.9 Å². The number of benzene rings is 1. The summed E-state index contributed by atoms with van der Waals surface area (Å²) in [7, 11) is 0. The number of hydrogen-bond acceptors (Lipinski definition) is 4. The van der Waals surface area contributed by atoms with Crippen LogP contribution in [0.4, 0.5) is 18.9 Å². The molecule has 0 radical (unpaired) electrons. The van der Waals surface area contributed by atoms with Crippen molar-refractivity contribution in [1.29, 1.82) is 0 Å². The number of likely N-dealkylation sites (tertiary alicyclic amines) is 1. The molecule has 2 amide bonds. The molecule has 2 heterocycles. The van der Waals surface area contributed by atoms with Gasteiger partial charge in [-0.1, -0.05) is 0 Å². The smallest absolute Gasteiger partial charge is 0.421 e. The Hall–Kier alpha value is -3.10. The third-order valence-electron chi connectivity index (χ3n) is 3.94. The maximum atomic E-state index is 12.9. The Balaban J connectivity index is 1.58. The number of amides is 2. The Labute approximate surface area is 152 Å². The van der Waals surface area contributed by atoms with Crippen LogP contribution in [0.1, 0.15) is 22.8 Å². The average Bonchev–Trinajstić information content (AvgIpc) is 2.57. The molecule has 0 aliphatic carbocycles. The summed E-state index contributed by atoms with van der Waals surface area (Å²) >= 11 is 0. The van der Waals surface area contributed by atoms with Crippen LogP contribution < -0.4 is 10.1 Å². The van der Waals surface area contributed by atoms with E-state index in [1.807, 2.05) is 0 Å². The molecule has 1 fully saturated rings. The lowest BCUT2D eigenvalue weighted by atomic mass is 10.1. The molecule has 142 valence electrons. The highest BCUT2D eigenvalue weighted by atomic mass is 19.4. The summed E-state index contributed by atoms with van der Waals surface area (Å²) in [6.45, 7) is 1.71. The average molecular weight is 379 g/mol. The normalized spacial score (nSPS) is 14.4. The second-order valence-electron chi connectivity index (χ2n) is 6.06.